The average Bonchev–Trinajstić information content (AvgIpc) is 2.23. The lowest BCUT2D eigenvalue weighted by molar-refractivity contribution is 0.195. The van der Waals surface area contributed by atoms with E-state index in [4.69, 9.17) is 0 Å². The molecule has 90 valence electrons. The first-order valence-electron chi connectivity index (χ1n) is 6.03. The van der Waals surface area contributed by atoms with Crippen molar-refractivity contribution in [3.05, 3.63) is 35.4 Å². The van der Waals surface area contributed by atoms with Gasteiger partial charge in [-0.25, -0.2) is 4.79 Å². The van der Waals surface area contributed by atoms with Crippen molar-refractivity contribution in [1.29, 1.82) is 0 Å². The van der Waals surface area contributed by atoms with Gasteiger partial charge >= 0.3 is 0 Å². The molecule has 0 saturated heterocycles. The van der Waals surface area contributed by atoms with Crippen LogP contribution in [0.5, 0.6) is 0 Å². The summed E-state index contributed by atoms with van der Waals surface area (Å²) in [7, 11) is 0. The van der Waals surface area contributed by atoms with Crippen molar-refractivity contribution in [2.75, 3.05) is 0 Å². The molecule has 1 N–H and O–H groups in total. The van der Waals surface area contributed by atoms with Crippen LogP contribution in [-0.2, 0) is 16.8 Å². The summed E-state index contributed by atoms with van der Waals surface area (Å²) in [4.78, 5) is 14.5. The number of benzene rings is 1. The van der Waals surface area contributed by atoms with E-state index in [0.29, 0.717) is 6.42 Å². The molecule has 0 amide bonds. The van der Waals surface area contributed by atoms with E-state index in [1.165, 1.54) is 0 Å². The standard InChI is InChI=1S/C14H17NO2/c1-11(17)8-12-4-2-5-13(9-12)14(15-10-16)6-3-7-14/h2,4-5,9,11,17H,3,6-8H2,1H3. The lowest BCUT2D eigenvalue weighted by Gasteiger charge is -2.37. The minimum absolute atomic E-state index is 0.337. The van der Waals surface area contributed by atoms with Gasteiger partial charge in [0.15, 0.2) is 0 Å². The van der Waals surface area contributed by atoms with E-state index in [2.05, 4.69) is 4.99 Å². The Balaban J connectivity index is 2.29. The minimum atomic E-state index is -0.350. The molecule has 0 bridgehead atoms. The SMILES string of the molecule is CC(O)Cc1cccc(C2(N=C=O)CCC2)c1. The number of carbonyl (C=O) groups excluding carboxylic acids is 1. The Labute approximate surface area is 101 Å². The number of aliphatic hydroxyl groups excluding tert-OH is 1. The third-order valence-electron chi connectivity index (χ3n) is 3.44. The molecule has 1 aliphatic carbocycles. The molecule has 3 nitrogen and oxygen atoms in total. The molecule has 3 heteroatoms. The van der Waals surface area contributed by atoms with Crippen molar-refractivity contribution in [1.82, 2.24) is 0 Å². The van der Waals surface area contributed by atoms with Crippen LogP contribution in [0.4, 0.5) is 0 Å². The van der Waals surface area contributed by atoms with Crippen molar-refractivity contribution in [2.24, 2.45) is 4.99 Å². The van der Waals surface area contributed by atoms with Gasteiger partial charge in [0.05, 0.1) is 11.6 Å². The van der Waals surface area contributed by atoms with Crippen LogP contribution in [0.25, 0.3) is 0 Å². The highest BCUT2D eigenvalue weighted by atomic mass is 16.3. The van der Waals surface area contributed by atoms with E-state index in [1.54, 1.807) is 13.0 Å². The second-order valence-electron chi connectivity index (χ2n) is 4.84. The lowest BCUT2D eigenvalue weighted by Crippen LogP contribution is -2.32. The molecular formula is C14H17NO2. The maximum atomic E-state index is 10.5. The molecule has 2 rings (SSSR count). The summed E-state index contributed by atoms with van der Waals surface area (Å²) in [5.41, 5.74) is 1.83. The van der Waals surface area contributed by atoms with E-state index in [-0.39, 0.29) is 11.6 Å². The van der Waals surface area contributed by atoms with Gasteiger partial charge in [0.25, 0.3) is 0 Å². The van der Waals surface area contributed by atoms with Gasteiger partial charge in [0.2, 0.25) is 6.08 Å². The Kier molecular flexibility index (Phi) is 3.41. The molecule has 1 aromatic carbocycles. The maximum Gasteiger partial charge on any atom is 0.235 e. The number of aliphatic imine (C=N–C) groups is 1. The van der Waals surface area contributed by atoms with Crippen LogP contribution in [0.15, 0.2) is 29.3 Å². The molecule has 0 aromatic heterocycles. The molecule has 1 unspecified atom stereocenters. The zero-order valence-corrected chi connectivity index (χ0v) is 10.0. The normalized spacial score (nSPS) is 18.9. The highest BCUT2D eigenvalue weighted by Gasteiger charge is 2.38. The van der Waals surface area contributed by atoms with Crippen LogP contribution < -0.4 is 0 Å². The van der Waals surface area contributed by atoms with Gasteiger partial charge in [0, 0.05) is 0 Å². The predicted octanol–water partition coefficient (Wildman–Crippen LogP) is 2.32. The third kappa shape index (κ3) is 2.46. The number of hydrogen-bond acceptors (Lipinski definition) is 3. The molecule has 1 atom stereocenters. The molecule has 0 heterocycles. The summed E-state index contributed by atoms with van der Waals surface area (Å²) < 4.78 is 0. The third-order valence-corrected chi connectivity index (χ3v) is 3.44. The van der Waals surface area contributed by atoms with E-state index < -0.39 is 0 Å². The number of hydrogen-bond donors (Lipinski definition) is 1. The molecule has 1 fully saturated rings. The van der Waals surface area contributed by atoms with Crippen molar-refractivity contribution >= 4 is 6.08 Å². The fourth-order valence-corrected chi connectivity index (χ4v) is 2.39. The number of isocyanates is 1. The Morgan fingerprint density at radius 3 is 2.82 bits per heavy atom. The van der Waals surface area contributed by atoms with Crippen LogP contribution in [-0.4, -0.2) is 17.3 Å². The van der Waals surface area contributed by atoms with Crippen LogP contribution in [0.1, 0.15) is 37.3 Å². The van der Waals surface area contributed by atoms with E-state index >= 15 is 0 Å². The fraction of sp³-hybridized carbons (Fsp3) is 0.500. The summed E-state index contributed by atoms with van der Waals surface area (Å²) in [6.07, 6.45) is 4.92. The second kappa shape index (κ2) is 4.82. The van der Waals surface area contributed by atoms with E-state index in [9.17, 15) is 9.90 Å². The lowest BCUT2D eigenvalue weighted by atomic mass is 9.72. The number of nitrogens with zero attached hydrogens (tertiary/aromatic N) is 1. The second-order valence-corrected chi connectivity index (χ2v) is 4.84. The van der Waals surface area contributed by atoms with Crippen molar-refractivity contribution in [2.45, 2.75) is 44.2 Å². The van der Waals surface area contributed by atoms with Gasteiger partial charge in [-0.05, 0) is 43.7 Å². The Morgan fingerprint density at radius 1 is 1.53 bits per heavy atom. The number of aliphatic hydroxyl groups is 1. The van der Waals surface area contributed by atoms with Gasteiger partial charge in [-0.2, -0.15) is 4.99 Å². The fourth-order valence-electron chi connectivity index (χ4n) is 2.39. The van der Waals surface area contributed by atoms with Gasteiger partial charge in [-0.1, -0.05) is 24.3 Å². The van der Waals surface area contributed by atoms with Gasteiger partial charge in [-0.3, -0.25) is 0 Å². The first kappa shape index (κ1) is 12.0. The van der Waals surface area contributed by atoms with Crippen molar-refractivity contribution in [3.8, 4) is 0 Å². The van der Waals surface area contributed by atoms with E-state index in [1.807, 2.05) is 24.3 Å². The molecule has 1 aliphatic rings. The molecule has 0 spiro atoms. The smallest absolute Gasteiger partial charge is 0.235 e. The summed E-state index contributed by atoms with van der Waals surface area (Å²) in [6, 6.07) is 8.01. The van der Waals surface area contributed by atoms with Gasteiger partial charge in [0.1, 0.15) is 0 Å². The molecule has 1 saturated carbocycles. The topological polar surface area (TPSA) is 49.7 Å². The largest absolute Gasteiger partial charge is 0.393 e. The van der Waals surface area contributed by atoms with Crippen LogP contribution >= 0.6 is 0 Å². The zero-order valence-electron chi connectivity index (χ0n) is 10.0. The molecule has 17 heavy (non-hydrogen) atoms. The van der Waals surface area contributed by atoms with Gasteiger partial charge < -0.3 is 5.11 Å². The molecule has 0 radical (unpaired) electrons. The summed E-state index contributed by atoms with van der Waals surface area (Å²) >= 11 is 0. The van der Waals surface area contributed by atoms with Gasteiger partial charge in [-0.15, -0.1) is 0 Å². The summed E-state index contributed by atoms with van der Waals surface area (Å²) in [5, 5.41) is 9.39. The van der Waals surface area contributed by atoms with Crippen molar-refractivity contribution in [3.63, 3.8) is 0 Å². The summed E-state index contributed by atoms with van der Waals surface area (Å²) in [6.45, 7) is 1.77. The quantitative estimate of drug-likeness (QED) is 0.638. The Morgan fingerprint density at radius 2 is 2.29 bits per heavy atom. The predicted molar refractivity (Wildman–Crippen MR) is 65.5 cm³/mol. The molecular weight excluding hydrogens is 214 g/mol. The van der Waals surface area contributed by atoms with Crippen molar-refractivity contribution < 1.29 is 9.90 Å². The van der Waals surface area contributed by atoms with Crippen LogP contribution in [0.3, 0.4) is 0 Å². The highest BCUT2D eigenvalue weighted by Crippen LogP contribution is 2.44. The molecule has 1 aromatic rings. The average molecular weight is 231 g/mol. The zero-order chi connectivity index (χ0) is 12.3. The van der Waals surface area contributed by atoms with Crippen LogP contribution in [0, 0.1) is 0 Å². The monoisotopic (exact) mass is 231 g/mol. The van der Waals surface area contributed by atoms with Crippen LogP contribution in [0.2, 0.25) is 0 Å². The Hall–Kier alpha value is -1.44. The highest BCUT2D eigenvalue weighted by molar-refractivity contribution is 5.40. The first-order valence-corrected chi connectivity index (χ1v) is 6.03. The number of rotatable bonds is 4. The molecule has 0 aliphatic heterocycles. The first-order chi connectivity index (χ1) is 8.16. The maximum absolute atomic E-state index is 10.5. The summed E-state index contributed by atoms with van der Waals surface area (Å²) in [5.74, 6) is 0. The Bertz CT molecular complexity index is 443. The van der Waals surface area contributed by atoms with E-state index in [0.717, 1.165) is 30.4 Å². The minimum Gasteiger partial charge on any atom is -0.393 e.